The first-order chi connectivity index (χ1) is 17.8. The van der Waals surface area contributed by atoms with Crippen molar-refractivity contribution < 1.29 is 37.4 Å². The third-order valence-electron chi connectivity index (χ3n) is 6.32. The van der Waals surface area contributed by atoms with Crippen LogP contribution in [0.4, 0.5) is 4.39 Å². The number of aromatic amines is 1. The van der Waals surface area contributed by atoms with Gasteiger partial charge >= 0.3 is 19.4 Å². The molecule has 1 saturated heterocycles. The van der Waals surface area contributed by atoms with Crippen LogP contribution < -0.4 is 20.9 Å². The molecule has 13 nitrogen and oxygen atoms in total. The number of carbonyl (C=O) groups excluding carboxylic acids is 1. The number of nitrogens with zero attached hydrogens (tertiary/aromatic N) is 2. The highest BCUT2D eigenvalue weighted by Gasteiger charge is 2.84. The van der Waals surface area contributed by atoms with E-state index < -0.39 is 72.4 Å². The van der Waals surface area contributed by atoms with Gasteiger partial charge < -0.3 is 19.1 Å². The lowest BCUT2D eigenvalue weighted by Gasteiger charge is -2.32. The molecule has 2 fully saturated rings. The summed E-state index contributed by atoms with van der Waals surface area (Å²) >= 11 is 0. The number of fused-ring (bicyclic) bond motifs is 1. The van der Waals surface area contributed by atoms with Crippen molar-refractivity contribution in [2.24, 2.45) is 5.41 Å². The fourth-order valence-corrected chi connectivity index (χ4v) is 5.99. The lowest BCUT2D eigenvalue weighted by atomic mass is 9.82. The Morgan fingerprint density at radius 3 is 2.58 bits per heavy atom. The molecule has 7 atom stereocenters. The quantitative estimate of drug-likeness (QED) is 0.302. The van der Waals surface area contributed by atoms with Crippen LogP contribution in [0.3, 0.4) is 0 Å². The maximum absolute atomic E-state index is 13.9. The lowest BCUT2D eigenvalue weighted by Crippen LogP contribution is -2.46. The van der Waals surface area contributed by atoms with Gasteiger partial charge in [-0.1, -0.05) is 18.2 Å². The minimum atomic E-state index is -4.44. The van der Waals surface area contributed by atoms with Gasteiger partial charge in [0.25, 0.3) is 5.56 Å². The third kappa shape index (κ3) is 4.68. The third-order valence-corrected chi connectivity index (χ3v) is 7.98. The Bertz CT molecular complexity index is 1440. The van der Waals surface area contributed by atoms with E-state index in [9.17, 15) is 33.7 Å². The second-order valence-corrected chi connectivity index (χ2v) is 11.1. The molecule has 0 bridgehead atoms. The van der Waals surface area contributed by atoms with Crippen molar-refractivity contribution >= 4 is 13.7 Å². The predicted octanol–water partition coefficient (Wildman–Crippen LogP) is 1.35. The Morgan fingerprint density at radius 1 is 1.32 bits per heavy atom. The smallest absolute Gasteiger partial charge is 0.459 e. The minimum absolute atomic E-state index is 0.114. The number of aliphatic hydroxyl groups is 1. The zero-order chi connectivity index (χ0) is 28.0. The van der Waals surface area contributed by atoms with Crippen LogP contribution in [0.15, 0.2) is 46.1 Å². The Hall–Kier alpha value is -3.34. The number of aromatic nitrogens is 2. The number of esters is 1. The molecule has 2 aromatic rings. The summed E-state index contributed by atoms with van der Waals surface area (Å²) in [7, 11) is -4.44. The number of benzene rings is 1. The molecule has 1 aromatic heterocycles. The monoisotopic (exact) mass is 552 g/mol. The summed E-state index contributed by atoms with van der Waals surface area (Å²) in [6, 6.07) is 8.59. The molecule has 1 aliphatic carbocycles. The van der Waals surface area contributed by atoms with Crippen LogP contribution in [-0.2, 0) is 23.4 Å². The van der Waals surface area contributed by atoms with Crippen LogP contribution in [0.1, 0.15) is 33.9 Å². The summed E-state index contributed by atoms with van der Waals surface area (Å²) in [5.41, 5.74) is -6.39. The number of nitriles is 1. The van der Waals surface area contributed by atoms with Gasteiger partial charge in [0.15, 0.2) is 6.23 Å². The van der Waals surface area contributed by atoms with E-state index in [4.69, 9.17) is 18.5 Å². The van der Waals surface area contributed by atoms with Gasteiger partial charge in [0.1, 0.15) is 35.0 Å². The Balaban J connectivity index is 1.62. The Morgan fingerprint density at radius 2 is 1.97 bits per heavy atom. The zero-order valence-electron chi connectivity index (χ0n) is 20.8. The summed E-state index contributed by atoms with van der Waals surface area (Å²) in [6.45, 7) is 5.90. The summed E-state index contributed by atoms with van der Waals surface area (Å²) in [6.07, 6.45) is -4.12. The number of ether oxygens (including phenoxy) is 2. The molecule has 1 aromatic carbocycles. The van der Waals surface area contributed by atoms with Crippen molar-refractivity contribution in [1.82, 2.24) is 14.6 Å². The molecule has 0 spiro atoms. The summed E-state index contributed by atoms with van der Waals surface area (Å²) in [5.74, 6) is -1.93. The van der Waals surface area contributed by atoms with Gasteiger partial charge in [-0.25, -0.2) is 9.36 Å². The Kier molecular flexibility index (Phi) is 7.11. The number of hydrogen-bond donors (Lipinski definition) is 3. The average molecular weight is 552 g/mol. The van der Waals surface area contributed by atoms with Gasteiger partial charge in [-0.05, 0) is 39.8 Å². The molecule has 3 N–H and O–H groups in total. The van der Waals surface area contributed by atoms with Crippen molar-refractivity contribution in [3.63, 3.8) is 0 Å². The normalized spacial score (nSPS) is 30.1. The van der Waals surface area contributed by atoms with Crippen molar-refractivity contribution in [3.05, 3.63) is 63.2 Å². The summed E-state index contributed by atoms with van der Waals surface area (Å²) in [4.78, 5) is 37.8. The van der Waals surface area contributed by atoms with Crippen LogP contribution in [0, 0.1) is 22.6 Å². The van der Waals surface area contributed by atoms with E-state index in [-0.39, 0.29) is 5.75 Å². The fraction of sp³-hybridized carbons (Fsp3) is 0.478. The molecule has 15 heteroatoms. The second kappa shape index (κ2) is 9.76. The van der Waals surface area contributed by atoms with E-state index in [1.54, 1.807) is 37.0 Å². The number of hydrogen-bond acceptors (Lipinski definition) is 10. The largest absolute Gasteiger partial charge is 0.462 e. The number of rotatable bonds is 9. The highest BCUT2D eigenvalue weighted by molar-refractivity contribution is 7.52. The van der Waals surface area contributed by atoms with Gasteiger partial charge in [-0.15, -0.1) is 0 Å². The van der Waals surface area contributed by atoms with Gasteiger partial charge in [-0.3, -0.25) is 23.7 Å². The first kappa shape index (κ1) is 27.7. The highest BCUT2D eigenvalue weighted by Crippen LogP contribution is 2.68. The average Bonchev–Trinajstić information content (AvgIpc) is 3.31. The van der Waals surface area contributed by atoms with E-state index >= 15 is 0 Å². The van der Waals surface area contributed by atoms with Crippen LogP contribution in [0.5, 0.6) is 5.75 Å². The van der Waals surface area contributed by atoms with Crippen LogP contribution in [-0.4, -0.2) is 50.6 Å². The number of H-pyrrole nitrogens is 1. The van der Waals surface area contributed by atoms with Gasteiger partial charge in [0.2, 0.25) is 5.82 Å². The van der Waals surface area contributed by atoms with E-state index in [1.165, 1.54) is 26.0 Å². The minimum Gasteiger partial charge on any atom is -0.462 e. The summed E-state index contributed by atoms with van der Waals surface area (Å²) < 4.78 is 50.5. The van der Waals surface area contributed by atoms with Crippen molar-refractivity contribution in [3.8, 4) is 11.8 Å². The molecule has 38 heavy (non-hydrogen) atoms. The maximum atomic E-state index is 13.9. The van der Waals surface area contributed by atoms with Crippen LogP contribution in [0.25, 0.3) is 0 Å². The molecule has 4 rings (SSSR count). The molecule has 0 radical (unpaired) electrons. The number of para-hydroxylation sites is 1. The molecule has 1 saturated carbocycles. The molecular weight excluding hydrogens is 526 g/mol. The van der Waals surface area contributed by atoms with E-state index in [1.807, 2.05) is 6.07 Å². The molecule has 0 amide bonds. The van der Waals surface area contributed by atoms with Gasteiger partial charge in [0.05, 0.1) is 18.4 Å². The lowest BCUT2D eigenvalue weighted by molar-refractivity contribution is -0.149. The predicted molar refractivity (Wildman–Crippen MR) is 127 cm³/mol. The van der Waals surface area contributed by atoms with Crippen LogP contribution >= 0.6 is 7.75 Å². The first-order valence-electron chi connectivity index (χ1n) is 11.6. The SMILES string of the molecule is CC(C)OC(=O)[C@@H](C)NP(=O)(Oc1ccccc1)OC1[C@H]2O[C@@H](n3cc(F)c(=O)[nH]c3=O)[C@](C)(C#N)[C@@]12O. The molecule has 1 aliphatic heterocycles. The van der Waals surface area contributed by atoms with E-state index in [0.29, 0.717) is 10.8 Å². The summed E-state index contributed by atoms with van der Waals surface area (Å²) in [5, 5.41) is 23.9. The number of halogens is 1. The Labute approximate surface area is 215 Å². The van der Waals surface area contributed by atoms with Crippen molar-refractivity contribution in [2.75, 3.05) is 0 Å². The number of carbonyl (C=O) groups is 1. The van der Waals surface area contributed by atoms with Gasteiger partial charge in [-0.2, -0.15) is 14.7 Å². The topological polar surface area (TPSA) is 182 Å². The fourth-order valence-electron chi connectivity index (χ4n) is 4.28. The maximum Gasteiger partial charge on any atom is 0.459 e. The second-order valence-electron chi connectivity index (χ2n) is 9.46. The van der Waals surface area contributed by atoms with E-state index in [0.717, 1.165) is 0 Å². The molecule has 204 valence electrons. The molecular formula is C23H26FN4O9P. The van der Waals surface area contributed by atoms with Crippen molar-refractivity contribution in [2.45, 2.75) is 63.9 Å². The van der Waals surface area contributed by atoms with Gasteiger partial charge in [0, 0.05) is 0 Å². The van der Waals surface area contributed by atoms with Crippen molar-refractivity contribution in [1.29, 1.82) is 5.26 Å². The molecule has 2 aliphatic rings. The molecule has 2 heterocycles. The molecule has 2 unspecified atom stereocenters. The highest BCUT2D eigenvalue weighted by atomic mass is 31.2. The first-order valence-corrected chi connectivity index (χ1v) is 13.1. The van der Waals surface area contributed by atoms with E-state index in [2.05, 4.69) is 5.09 Å². The number of nitrogens with one attached hydrogen (secondary N) is 2. The zero-order valence-corrected chi connectivity index (χ0v) is 21.7. The standard InChI is InChI=1S/C23H26FN4O9P/c1-12(2)34-19(30)13(3)27-38(33,36-14-8-6-5-7-9-14)37-17-16-23(17,32)22(4,11-25)20(35-16)28-10-15(24)18(29)26-21(28)31/h5-10,12-13,16-17,20,32H,1-4H3,(H,27,33)(H,26,29,31)/t13-,16-,17?,20-,22+,23+,38?/m1/s1. The van der Waals surface area contributed by atoms with Crippen LogP contribution in [0.2, 0.25) is 0 Å².